The van der Waals surface area contributed by atoms with E-state index in [9.17, 15) is 5.11 Å². The molecule has 1 N–H and O–H groups in total. The van der Waals surface area contributed by atoms with Gasteiger partial charge in [-0.3, -0.25) is 0 Å². The number of rotatable bonds is 1. The predicted octanol–water partition coefficient (Wildman–Crippen LogP) is 3.71. The number of alkyl halides is 1. The molecule has 2 aromatic rings. The third kappa shape index (κ3) is 1.92. The Morgan fingerprint density at radius 1 is 1.00 bits per heavy atom. The van der Waals surface area contributed by atoms with Crippen LogP contribution in [0.25, 0.3) is 11.1 Å². The van der Waals surface area contributed by atoms with Crippen LogP contribution >= 0.6 is 15.9 Å². The molecule has 0 amide bonds. The molecule has 1 aliphatic carbocycles. The lowest BCUT2D eigenvalue weighted by atomic mass is 10.0. The first-order valence-corrected chi connectivity index (χ1v) is 6.67. The molecule has 86 valence electrons. The fourth-order valence-electron chi connectivity index (χ4n) is 2.38. The molecule has 3 rings (SSSR count). The van der Waals surface area contributed by atoms with Crippen LogP contribution in [0, 0.1) is 0 Å². The first-order valence-electron chi connectivity index (χ1n) is 5.76. The molecule has 0 aromatic heterocycles. The second-order valence-corrected chi connectivity index (χ2v) is 5.62. The summed E-state index contributed by atoms with van der Waals surface area (Å²) in [7, 11) is 0. The van der Waals surface area contributed by atoms with E-state index in [0.29, 0.717) is 0 Å². The summed E-state index contributed by atoms with van der Waals surface area (Å²) in [6, 6.07) is 16.6. The standard InChI is InChI=1S/C15H13BrO/c16-14-9-12-7-6-11(8-13(12)15(14)17)10-4-2-1-3-5-10/h1-8,14-15,17H,9H2. The number of halogens is 1. The normalized spacial score (nSPS) is 22.5. The maximum absolute atomic E-state index is 10.1. The summed E-state index contributed by atoms with van der Waals surface area (Å²) in [5.74, 6) is 0. The van der Waals surface area contributed by atoms with Crippen LogP contribution in [0.1, 0.15) is 17.2 Å². The van der Waals surface area contributed by atoms with E-state index < -0.39 is 0 Å². The number of aliphatic hydroxyl groups excluding tert-OH is 1. The third-order valence-electron chi connectivity index (χ3n) is 3.33. The van der Waals surface area contributed by atoms with Crippen molar-refractivity contribution in [2.75, 3.05) is 0 Å². The third-order valence-corrected chi connectivity index (χ3v) is 4.15. The largest absolute Gasteiger partial charge is 0.387 e. The Morgan fingerprint density at radius 2 is 1.76 bits per heavy atom. The first kappa shape index (κ1) is 11.0. The van der Waals surface area contributed by atoms with Gasteiger partial charge in [0, 0.05) is 4.83 Å². The van der Waals surface area contributed by atoms with Gasteiger partial charge in [-0.1, -0.05) is 58.4 Å². The second-order valence-electron chi connectivity index (χ2n) is 4.44. The molecule has 2 atom stereocenters. The van der Waals surface area contributed by atoms with Gasteiger partial charge in [0.2, 0.25) is 0 Å². The predicted molar refractivity (Wildman–Crippen MR) is 73.3 cm³/mol. The minimum absolute atomic E-state index is 0.156. The summed E-state index contributed by atoms with van der Waals surface area (Å²) in [5, 5.41) is 10.1. The highest BCUT2D eigenvalue weighted by molar-refractivity contribution is 9.09. The van der Waals surface area contributed by atoms with Crippen LogP contribution in [0.3, 0.4) is 0 Å². The zero-order valence-corrected chi connectivity index (χ0v) is 10.9. The molecular formula is C15H13BrO. The van der Waals surface area contributed by atoms with Gasteiger partial charge in [-0.2, -0.15) is 0 Å². The molecule has 0 saturated carbocycles. The van der Waals surface area contributed by atoms with Crippen LogP contribution in [0.4, 0.5) is 0 Å². The topological polar surface area (TPSA) is 20.2 Å². The number of fused-ring (bicyclic) bond motifs is 1. The summed E-state index contributed by atoms with van der Waals surface area (Å²) >= 11 is 3.52. The van der Waals surface area contributed by atoms with Crippen molar-refractivity contribution < 1.29 is 5.11 Å². The molecule has 1 aliphatic rings. The van der Waals surface area contributed by atoms with Crippen molar-refractivity contribution in [3.8, 4) is 11.1 Å². The molecule has 2 unspecified atom stereocenters. The van der Waals surface area contributed by atoms with E-state index in [-0.39, 0.29) is 10.9 Å². The quantitative estimate of drug-likeness (QED) is 0.794. The summed E-state index contributed by atoms with van der Waals surface area (Å²) in [6.45, 7) is 0. The lowest BCUT2D eigenvalue weighted by Crippen LogP contribution is -2.04. The SMILES string of the molecule is OC1c2cc(-c3ccccc3)ccc2CC1Br. The van der Waals surface area contributed by atoms with E-state index in [1.807, 2.05) is 18.2 Å². The van der Waals surface area contributed by atoms with E-state index in [1.54, 1.807) is 0 Å². The van der Waals surface area contributed by atoms with Crippen LogP contribution in [-0.2, 0) is 6.42 Å². The van der Waals surface area contributed by atoms with Gasteiger partial charge in [0.25, 0.3) is 0 Å². The van der Waals surface area contributed by atoms with Gasteiger partial charge in [-0.25, -0.2) is 0 Å². The van der Waals surface area contributed by atoms with Gasteiger partial charge in [-0.05, 0) is 34.7 Å². The van der Waals surface area contributed by atoms with Gasteiger partial charge in [0.05, 0.1) is 6.10 Å². The lowest BCUT2D eigenvalue weighted by Gasteiger charge is -2.09. The molecular weight excluding hydrogens is 276 g/mol. The number of aliphatic hydroxyl groups is 1. The molecule has 0 spiro atoms. The molecule has 0 radical (unpaired) electrons. The molecule has 2 aromatic carbocycles. The average Bonchev–Trinajstić information content (AvgIpc) is 2.66. The maximum Gasteiger partial charge on any atom is 0.0921 e. The summed E-state index contributed by atoms with van der Waals surface area (Å²) < 4.78 is 0. The van der Waals surface area contributed by atoms with E-state index >= 15 is 0 Å². The fourth-order valence-corrected chi connectivity index (χ4v) is 3.02. The van der Waals surface area contributed by atoms with E-state index in [0.717, 1.165) is 12.0 Å². The van der Waals surface area contributed by atoms with Crippen LogP contribution in [0.2, 0.25) is 0 Å². The van der Waals surface area contributed by atoms with Crippen molar-refractivity contribution in [2.24, 2.45) is 0 Å². The smallest absolute Gasteiger partial charge is 0.0921 e. The fraction of sp³-hybridized carbons (Fsp3) is 0.200. The van der Waals surface area contributed by atoms with Gasteiger partial charge in [0.15, 0.2) is 0 Å². The Balaban J connectivity index is 2.06. The van der Waals surface area contributed by atoms with Gasteiger partial charge < -0.3 is 5.11 Å². The molecule has 0 heterocycles. The maximum atomic E-state index is 10.1. The minimum atomic E-state index is -0.381. The van der Waals surface area contributed by atoms with Crippen molar-refractivity contribution in [1.82, 2.24) is 0 Å². The summed E-state index contributed by atoms with van der Waals surface area (Å²) in [5.41, 5.74) is 4.68. The Hall–Kier alpha value is -1.12. The first-order chi connectivity index (χ1) is 8.25. The highest BCUT2D eigenvalue weighted by atomic mass is 79.9. The van der Waals surface area contributed by atoms with Crippen LogP contribution in [0.15, 0.2) is 48.5 Å². The van der Waals surface area contributed by atoms with Crippen molar-refractivity contribution in [1.29, 1.82) is 0 Å². The summed E-state index contributed by atoms with van der Waals surface area (Å²) in [4.78, 5) is 0.156. The molecule has 1 nitrogen and oxygen atoms in total. The zero-order chi connectivity index (χ0) is 11.8. The highest BCUT2D eigenvalue weighted by Crippen LogP contribution is 2.37. The van der Waals surface area contributed by atoms with Crippen molar-refractivity contribution in [2.45, 2.75) is 17.4 Å². The second kappa shape index (κ2) is 4.28. The average molecular weight is 289 g/mol. The minimum Gasteiger partial charge on any atom is -0.387 e. The Labute approximate surface area is 109 Å². The Kier molecular flexibility index (Phi) is 2.77. The van der Waals surface area contributed by atoms with E-state index in [1.165, 1.54) is 16.7 Å². The van der Waals surface area contributed by atoms with Gasteiger partial charge in [0.1, 0.15) is 0 Å². The van der Waals surface area contributed by atoms with Crippen molar-refractivity contribution >= 4 is 15.9 Å². The highest BCUT2D eigenvalue weighted by Gasteiger charge is 2.28. The zero-order valence-electron chi connectivity index (χ0n) is 9.31. The van der Waals surface area contributed by atoms with Crippen molar-refractivity contribution in [3.63, 3.8) is 0 Å². The molecule has 2 heteroatoms. The number of benzene rings is 2. The van der Waals surface area contributed by atoms with Crippen LogP contribution < -0.4 is 0 Å². The summed E-state index contributed by atoms with van der Waals surface area (Å²) in [6.07, 6.45) is 0.527. The molecule has 0 bridgehead atoms. The molecule has 0 fully saturated rings. The number of hydrogen-bond acceptors (Lipinski definition) is 1. The van der Waals surface area contributed by atoms with E-state index in [2.05, 4.69) is 46.3 Å². The van der Waals surface area contributed by atoms with E-state index in [4.69, 9.17) is 0 Å². The molecule has 17 heavy (non-hydrogen) atoms. The lowest BCUT2D eigenvalue weighted by molar-refractivity contribution is 0.187. The Morgan fingerprint density at radius 3 is 2.53 bits per heavy atom. The number of hydrogen-bond donors (Lipinski definition) is 1. The van der Waals surface area contributed by atoms with Crippen LogP contribution in [-0.4, -0.2) is 9.93 Å². The van der Waals surface area contributed by atoms with Crippen LogP contribution in [0.5, 0.6) is 0 Å². The van der Waals surface area contributed by atoms with Crippen molar-refractivity contribution in [3.05, 3.63) is 59.7 Å². The van der Waals surface area contributed by atoms with Gasteiger partial charge >= 0.3 is 0 Å². The monoisotopic (exact) mass is 288 g/mol. The van der Waals surface area contributed by atoms with Gasteiger partial charge in [-0.15, -0.1) is 0 Å². The molecule has 0 saturated heterocycles. The Bertz CT molecular complexity index is 536. The molecule has 0 aliphatic heterocycles.